The van der Waals surface area contributed by atoms with Crippen molar-refractivity contribution in [2.75, 3.05) is 11.0 Å². The van der Waals surface area contributed by atoms with Crippen LogP contribution in [0.5, 0.6) is 0 Å². The van der Waals surface area contributed by atoms with Crippen LogP contribution in [0.1, 0.15) is 0 Å². The zero-order valence-corrected chi connectivity index (χ0v) is 13.8. The van der Waals surface area contributed by atoms with E-state index < -0.39 is 10.0 Å². The van der Waals surface area contributed by atoms with Crippen molar-refractivity contribution in [3.05, 3.63) is 59.7 Å². The van der Waals surface area contributed by atoms with Gasteiger partial charge in [0.1, 0.15) is 10.8 Å². The largest absolute Gasteiger partial charge is 0.283 e. The quantitative estimate of drug-likeness (QED) is 0.775. The van der Waals surface area contributed by atoms with E-state index in [1.807, 2.05) is 0 Å². The average molecular weight is 348 g/mol. The van der Waals surface area contributed by atoms with Gasteiger partial charge in [-0.25, -0.2) is 17.8 Å². The van der Waals surface area contributed by atoms with Gasteiger partial charge in [0, 0.05) is 16.5 Å². The number of sulfonamides is 1. The van der Waals surface area contributed by atoms with E-state index in [1.54, 1.807) is 47.8 Å². The summed E-state index contributed by atoms with van der Waals surface area (Å²) in [6.07, 6.45) is 1.09. The predicted octanol–water partition coefficient (Wildman–Crippen LogP) is 3.99. The molecule has 0 fully saturated rings. The summed E-state index contributed by atoms with van der Waals surface area (Å²) in [7, 11) is -3.39. The van der Waals surface area contributed by atoms with E-state index in [9.17, 15) is 12.8 Å². The first-order chi connectivity index (χ1) is 10.9. The van der Waals surface area contributed by atoms with Crippen molar-refractivity contribution in [1.29, 1.82) is 0 Å². The SMILES string of the molecule is CS(=O)(=O)Nc1ccccc1-c1csc(-c2ccccc2F)n1. The molecule has 23 heavy (non-hydrogen) atoms. The first kappa shape index (κ1) is 15.6. The summed E-state index contributed by atoms with van der Waals surface area (Å²) in [4.78, 5) is 4.45. The molecule has 0 saturated carbocycles. The smallest absolute Gasteiger partial charge is 0.229 e. The molecule has 4 nitrogen and oxygen atoms in total. The molecule has 0 atom stereocenters. The summed E-state index contributed by atoms with van der Waals surface area (Å²) in [6.45, 7) is 0. The summed E-state index contributed by atoms with van der Waals surface area (Å²) >= 11 is 1.31. The van der Waals surface area contributed by atoms with Crippen LogP contribution in [0.4, 0.5) is 10.1 Å². The van der Waals surface area contributed by atoms with Gasteiger partial charge in [0.2, 0.25) is 10.0 Å². The van der Waals surface area contributed by atoms with E-state index in [1.165, 1.54) is 17.4 Å². The maximum Gasteiger partial charge on any atom is 0.229 e. The van der Waals surface area contributed by atoms with Gasteiger partial charge in [0.15, 0.2) is 0 Å². The molecule has 2 aromatic carbocycles. The lowest BCUT2D eigenvalue weighted by molar-refractivity contribution is 0.607. The van der Waals surface area contributed by atoms with E-state index in [2.05, 4.69) is 9.71 Å². The molecule has 0 aliphatic rings. The standard InChI is InChI=1S/C16H13FN2O2S2/c1-23(20,21)19-14-9-5-3-7-12(14)15-10-22-16(18-15)11-6-2-4-8-13(11)17/h2-10,19H,1H3. The Hall–Kier alpha value is -2.25. The summed E-state index contributed by atoms with van der Waals surface area (Å²) in [5.41, 5.74) is 2.12. The molecule has 0 amide bonds. The second-order valence-corrected chi connectivity index (χ2v) is 7.54. The Balaban J connectivity index is 2.03. The summed E-state index contributed by atoms with van der Waals surface area (Å²) in [6, 6.07) is 13.4. The molecule has 1 N–H and O–H groups in total. The van der Waals surface area contributed by atoms with Gasteiger partial charge in [-0.3, -0.25) is 4.72 Å². The first-order valence-corrected chi connectivity index (χ1v) is 9.49. The molecule has 1 heterocycles. The van der Waals surface area contributed by atoms with Gasteiger partial charge in [-0.2, -0.15) is 0 Å². The minimum absolute atomic E-state index is 0.337. The van der Waals surface area contributed by atoms with Gasteiger partial charge < -0.3 is 0 Å². The van der Waals surface area contributed by atoms with E-state index in [-0.39, 0.29) is 5.82 Å². The third-order valence-electron chi connectivity index (χ3n) is 3.11. The Morgan fingerprint density at radius 1 is 1.04 bits per heavy atom. The Morgan fingerprint density at radius 3 is 2.39 bits per heavy atom. The zero-order chi connectivity index (χ0) is 16.4. The molecule has 3 aromatic rings. The number of nitrogens with one attached hydrogen (secondary N) is 1. The molecule has 0 radical (unpaired) electrons. The van der Waals surface area contributed by atoms with Crippen LogP contribution < -0.4 is 4.72 Å². The fourth-order valence-electron chi connectivity index (χ4n) is 2.15. The van der Waals surface area contributed by atoms with Gasteiger partial charge in [-0.05, 0) is 18.2 Å². The number of rotatable bonds is 4. The highest BCUT2D eigenvalue weighted by Gasteiger charge is 2.14. The van der Waals surface area contributed by atoms with Gasteiger partial charge >= 0.3 is 0 Å². The number of anilines is 1. The maximum absolute atomic E-state index is 13.9. The molecular formula is C16H13FN2O2S2. The summed E-state index contributed by atoms with van der Waals surface area (Å²) < 4.78 is 39.3. The number of nitrogens with zero attached hydrogens (tertiary/aromatic N) is 1. The van der Waals surface area contributed by atoms with Gasteiger partial charge in [0.25, 0.3) is 0 Å². The maximum atomic E-state index is 13.9. The highest BCUT2D eigenvalue weighted by Crippen LogP contribution is 2.33. The van der Waals surface area contributed by atoms with Crippen molar-refractivity contribution in [2.24, 2.45) is 0 Å². The lowest BCUT2D eigenvalue weighted by atomic mass is 10.1. The second-order valence-electron chi connectivity index (χ2n) is 4.94. The number of hydrogen-bond acceptors (Lipinski definition) is 4. The van der Waals surface area contributed by atoms with Crippen LogP contribution in [0.2, 0.25) is 0 Å². The number of para-hydroxylation sites is 1. The number of aromatic nitrogens is 1. The lowest BCUT2D eigenvalue weighted by Gasteiger charge is -2.08. The monoisotopic (exact) mass is 348 g/mol. The van der Waals surface area contributed by atoms with Crippen LogP contribution in [-0.4, -0.2) is 19.7 Å². The molecule has 7 heteroatoms. The molecule has 0 spiro atoms. The summed E-state index contributed by atoms with van der Waals surface area (Å²) in [5.74, 6) is -0.337. The average Bonchev–Trinajstić information content (AvgIpc) is 2.96. The highest BCUT2D eigenvalue weighted by molar-refractivity contribution is 7.92. The van der Waals surface area contributed by atoms with Crippen LogP contribution in [0, 0.1) is 5.82 Å². The fraction of sp³-hybridized carbons (Fsp3) is 0.0625. The predicted molar refractivity (Wildman–Crippen MR) is 91.4 cm³/mol. The van der Waals surface area contributed by atoms with Gasteiger partial charge in [0.05, 0.1) is 17.6 Å². The van der Waals surface area contributed by atoms with Crippen molar-refractivity contribution in [2.45, 2.75) is 0 Å². The Morgan fingerprint density at radius 2 is 1.70 bits per heavy atom. The van der Waals surface area contributed by atoms with E-state index in [4.69, 9.17) is 0 Å². The van der Waals surface area contributed by atoms with Crippen molar-refractivity contribution in [3.63, 3.8) is 0 Å². The minimum atomic E-state index is -3.39. The Kier molecular flexibility index (Phi) is 4.14. The number of halogens is 1. The molecule has 0 aliphatic carbocycles. The topological polar surface area (TPSA) is 59.1 Å². The Labute approximate surface area is 137 Å². The third-order valence-corrected chi connectivity index (χ3v) is 4.57. The number of thiazole rings is 1. The van der Waals surface area contributed by atoms with Crippen molar-refractivity contribution < 1.29 is 12.8 Å². The molecule has 0 unspecified atom stereocenters. The zero-order valence-electron chi connectivity index (χ0n) is 12.2. The van der Waals surface area contributed by atoms with Crippen molar-refractivity contribution >= 4 is 27.0 Å². The number of hydrogen-bond donors (Lipinski definition) is 1. The minimum Gasteiger partial charge on any atom is -0.283 e. The van der Waals surface area contributed by atoms with E-state index >= 15 is 0 Å². The normalized spacial score (nSPS) is 11.4. The van der Waals surface area contributed by atoms with Crippen LogP contribution in [0.15, 0.2) is 53.9 Å². The van der Waals surface area contributed by atoms with E-state index in [0.29, 0.717) is 27.5 Å². The first-order valence-electron chi connectivity index (χ1n) is 6.72. The van der Waals surface area contributed by atoms with Crippen LogP contribution >= 0.6 is 11.3 Å². The molecular weight excluding hydrogens is 335 g/mol. The molecule has 0 bridgehead atoms. The number of benzene rings is 2. The molecule has 1 aromatic heterocycles. The van der Waals surface area contributed by atoms with Crippen LogP contribution in [-0.2, 0) is 10.0 Å². The van der Waals surface area contributed by atoms with Crippen molar-refractivity contribution in [1.82, 2.24) is 4.98 Å². The van der Waals surface area contributed by atoms with Crippen LogP contribution in [0.3, 0.4) is 0 Å². The third kappa shape index (κ3) is 3.57. The summed E-state index contributed by atoms with van der Waals surface area (Å²) in [5, 5.41) is 2.33. The molecule has 0 saturated heterocycles. The Bertz CT molecular complexity index is 952. The van der Waals surface area contributed by atoms with E-state index in [0.717, 1.165) is 6.26 Å². The lowest BCUT2D eigenvalue weighted by Crippen LogP contribution is -2.10. The molecule has 3 rings (SSSR count). The van der Waals surface area contributed by atoms with Crippen molar-refractivity contribution in [3.8, 4) is 21.8 Å². The fourth-order valence-corrected chi connectivity index (χ4v) is 3.57. The highest BCUT2D eigenvalue weighted by atomic mass is 32.2. The van der Waals surface area contributed by atoms with Crippen LogP contribution in [0.25, 0.3) is 21.8 Å². The molecule has 0 aliphatic heterocycles. The van der Waals surface area contributed by atoms with Gasteiger partial charge in [-0.1, -0.05) is 30.3 Å². The second kappa shape index (κ2) is 6.10. The van der Waals surface area contributed by atoms with Gasteiger partial charge in [-0.15, -0.1) is 11.3 Å². The molecule has 118 valence electrons.